The summed E-state index contributed by atoms with van der Waals surface area (Å²) in [4.78, 5) is 32.5. The van der Waals surface area contributed by atoms with Gasteiger partial charge in [0.05, 0.1) is 18.0 Å². The van der Waals surface area contributed by atoms with Gasteiger partial charge in [0.15, 0.2) is 5.96 Å². The van der Waals surface area contributed by atoms with Crippen LogP contribution in [0.1, 0.15) is 70.5 Å². The summed E-state index contributed by atoms with van der Waals surface area (Å²) in [5.74, 6) is 0.894. The first kappa shape index (κ1) is 24.5. The number of amides is 2. The Morgan fingerprint density at radius 1 is 1.35 bits per heavy atom. The number of benzene rings is 1. The van der Waals surface area contributed by atoms with E-state index in [0.29, 0.717) is 32.3 Å². The SMILES string of the molecule is COCC[C@H]([C@@H]1C[C@H]1C(=O)N[C@H]1CC(C)(C)Oc2ccc(C)cc21)N1C(=O)CC(C)(C)N=C1N. The third-order valence-electron chi connectivity index (χ3n) is 7.08. The van der Waals surface area contributed by atoms with E-state index in [-0.39, 0.29) is 47.3 Å². The zero-order valence-corrected chi connectivity index (χ0v) is 21.2. The third-order valence-corrected chi connectivity index (χ3v) is 7.08. The normalized spacial score (nSPS) is 27.8. The van der Waals surface area contributed by atoms with Crippen molar-refractivity contribution in [3.63, 3.8) is 0 Å². The Morgan fingerprint density at radius 3 is 2.76 bits per heavy atom. The lowest BCUT2D eigenvalue weighted by atomic mass is 9.88. The van der Waals surface area contributed by atoms with Crippen molar-refractivity contribution >= 4 is 17.8 Å². The summed E-state index contributed by atoms with van der Waals surface area (Å²) < 4.78 is 11.5. The molecule has 1 aromatic rings. The molecular formula is C26H38N4O4. The van der Waals surface area contributed by atoms with E-state index in [4.69, 9.17) is 15.2 Å². The molecule has 2 heterocycles. The number of aryl methyl sites for hydroxylation is 1. The minimum atomic E-state index is -0.509. The average Bonchev–Trinajstić information content (AvgIpc) is 3.50. The van der Waals surface area contributed by atoms with Crippen LogP contribution in [0.5, 0.6) is 5.75 Å². The summed E-state index contributed by atoms with van der Waals surface area (Å²) in [6.45, 7) is 10.4. The van der Waals surface area contributed by atoms with Crippen LogP contribution in [0.2, 0.25) is 0 Å². The third kappa shape index (κ3) is 5.06. The first-order valence-corrected chi connectivity index (χ1v) is 12.2. The molecule has 4 atom stereocenters. The van der Waals surface area contributed by atoms with Crippen molar-refractivity contribution in [1.29, 1.82) is 0 Å². The molecule has 4 rings (SSSR count). The van der Waals surface area contributed by atoms with Gasteiger partial charge in [0, 0.05) is 37.7 Å². The van der Waals surface area contributed by atoms with Crippen molar-refractivity contribution in [3.05, 3.63) is 29.3 Å². The van der Waals surface area contributed by atoms with Gasteiger partial charge in [0.25, 0.3) is 0 Å². The van der Waals surface area contributed by atoms with Crippen LogP contribution in [0, 0.1) is 18.8 Å². The number of nitrogens with zero attached hydrogens (tertiary/aromatic N) is 2. The highest BCUT2D eigenvalue weighted by atomic mass is 16.5. The second kappa shape index (κ2) is 8.87. The number of rotatable bonds is 7. The standard InChI is InChI=1S/C26H38N4O4/c1-15-7-8-21-18(11-15)19(13-26(4,5)34-21)28-23(32)17-12-16(17)20(9-10-33-6)30-22(31)14-25(2,3)29-24(30)27/h7-8,11,16-17,19-20H,9-10,12-14H2,1-6H3,(H2,27,29)(H,28,32)/t16-,17-,19+,20-/m1/s1. The molecular weight excluding hydrogens is 432 g/mol. The molecule has 0 aromatic heterocycles. The highest BCUT2D eigenvalue weighted by Crippen LogP contribution is 2.47. The molecule has 186 valence electrons. The van der Waals surface area contributed by atoms with Crippen LogP contribution < -0.4 is 15.8 Å². The highest BCUT2D eigenvalue weighted by molar-refractivity contribution is 5.99. The fourth-order valence-electron chi connectivity index (χ4n) is 5.44. The predicted molar refractivity (Wildman–Crippen MR) is 130 cm³/mol. The molecule has 1 saturated carbocycles. The van der Waals surface area contributed by atoms with Crippen molar-refractivity contribution in [1.82, 2.24) is 10.2 Å². The van der Waals surface area contributed by atoms with Gasteiger partial charge in [-0.25, -0.2) is 4.99 Å². The number of hydrogen-bond donors (Lipinski definition) is 2. The van der Waals surface area contributed by atoms with Gasteiger partial charge in [-0.1, -0.05) is 17.7 Å². The summed E-state index contributed by atoms with van der Waals surface area (Å²) in [5, 5.41) is 3.28. The summed E-state index contributed by atoms with van der Waals surface area (Å²) in [7, 11) is 1.64. The first-order chi connectivity index (χ1) is 15.9. The van der Waals surface area contributed by atoms with Gasteiger partial charge >= 0.3 is 0 Å². The molecule has 2 amide bonds. The van der Waals surface area contributed by atoms with E-state index >= 15 is 0 Å². The maximum absolute atomic E-state index is 13.4. The number of methoxy groups -OCH3 is 1. The molecule has 8 nitrogen and oxygen atoms in total. The highest BCUT2D eigenvalue weighted by Gasteiger charge is 2.52. The Kier molecular flexibility index (Phi) is 6.40. The largest absolute Gasteiger partial charge is 0.487 e. The maximum Gasteiger partial charge on any atom is 0.231 e. The molecule has 1 fully saturated rings. The Morgan fingerprint density at radius 2 is 2.09 bits per heavy atom. The van der Waals surface area contributed by atoms with Crippen molar-refractivity contribution in [2.45, 2.75) is 83.5 Å². The first-order valence-electron chi connectivity index (χ1n) is 12.2. The summed E-state index contributed by atoms with van der Waals surface area (Å²) >= 11 is 0. The Labute approximate surface area is 202 Å². The minimum Gasteiger partial charge on any atom is -0.487 e. The van der Waals surface area contributed by atoms with E-state index in [2.05, 4.69) is 16.4 Å². The van der Waals surface area contributed by atoms with E-state index in [1.165, 1.54) is 0 Å². The fourth-order valence-corrected chi connectivity index (χ4v) is 5.44. The Bertz CT molecular complexity index is 1000. The average molecular weight is 471 g/mol. The zero-order valence-electron chi connectivity index (χ0n) is 21.2. The fraction of sp³-hybridized carbons (Fsp3) is 0.654. The van der Waals surface area contributed by atoms with E-state index < -0.39 is 5.54 Å². The second-order valence-corrected chi connectivity index (χ2v) is 11.2. The van der Waals surface area contributed by atoms with E-state index in [1.54, 1.807) is 12.0 Å². The molecule has 3 N–H and O–H groups in total. The molecule has 8 heteroatoms. The van der Waals surface area contributed by atoms with Gasteiger partial charge < -0.3 is 20.5 Å². The molecule has 0 spiro atoms. The number of aliphatic imine (C=N–C) groups is 1. The second-order valence-electron chi connectivity index (χ2n) is 11.2. The minimum absolute atomic E-state index is 0.0165. The van der Waals surface area contributed by atoms with Gasteiger partial charge in [-0.15, -0.1) is 0 Å². The van der Waals surface area contributed by atoms with Crippen LogP contribution in [-0.4, -0.2) is 53.6 Å². The Balaban J connectivity index is 1.51. The molecule has 0 unspecified atom stereocenters. The van der Waals surface area contributed by atoms with Gasteiger partial charge in [0.2, 0.25) is 11.8 Å². The van der Waals surface area contributed by atoms with Crippen molar-refractivity contribution < 1.29 is 19.1 Å². The van der Waals surface area contributed by atoms with Gasteiger partial charge in [-0.3, -0.25) is 14.5 Å². The molecule has 0 saturated heterocycles. The molecule has 1 aliphatic carbocycles. The Hall–Kier alpha value is -2.61. The van der Waals surface area contributed by atoms with Crippen molar-refractivity contribution in [3.8, 4) is 5.75 Å². The quantitative estimate of drug-likeness (QED) is 0.637. The molecule has 1 aromatic carbocycles. The van der Waals surface area contributed by atoms with E-state index in [9.17, 15) is 9.59 Å². The number of nitrogens with one attached hydrogen (secondary N) is 1. The van der Waals surface area contributed by atoms with Crippen molar-refractivity contribution in [2.24, 2.45) is 22.6 Å². The number of hydrogen-bond acceptors (Lipinski definition) is 6. The number of carbonyl (C=O) groups excluding carboxylic acids is 2. The van der Waals surface area contributed by atoms with Gasteiger partial charge in [-0.05, 0) is 59.4 Å². The zero-order chi connectivity index (χ0) is 24.8. The molecule has 3 aliphatic rings. The van der Waals surface area contributed by atoms with Crippen molar-refractivity contribution in [2.75, 3.05) is 13.7 Å². The van der Waals surface area contributed by atoms with Crippen LogP contribution in [0.15, 0.2) is 23.2 Å². The topological polar surface area (TPSA) is 106 Å². The van der Waals surface area contributed by atoms with E-state index in [0.717, 1.165) is 16.9 Å². The lowest BCUT2D eigenvalue weighted by Gasteiger charge is -2.39. The van der Waals surface area contributed by atoms with Crippen LogP contribution in [0.3, 0.4) is 0 Å². The molecule has 2 aliphatic heterocycles. The van der Waals surface area contributed by atoms with Gasteiger partial charge in [0.1, 0.15) is 11.4 Å². The number of ether oxygens (including phenoxy) is 2. The van der Waals surface area contributed by atoms with Crippen LogP contribution in [0.4, 0.5) is 0 Å². The summed E-state index contributed by atoms with van der Waals surface area (Å²) in [6, 6.07) is 5.78. The van der Waals surface area contributed by atoms with Crippen LogP contribution >= 0.6 is 0 Å². The molecule has 0 bridgehead atoms. The van der Waals surface area contributed by atoms with Crippen LogP contribution in [0.25, 0.3) is 0 Å². The number of guanidine groups is 1. The maximum atomic E-state index is 13.4. The lowest BCUT2D eigenvalue weighted by molar-refractivity contribution is -0.132. The lowest BCUT2D eigenvalue weighted by Crippen LogP contribution is -2.55. The molecule has 0 radical (unpaired) electrons. The van der Waals surface area contributed by atoms with E-state index in [1.807, 2.05) is 46.8 Å². The number of nitrogens with two attached hydrogens (primary N) is 1. The smallest absolute Gasteiger partial charge is 0.231 e. The number of fused-ring (bicyclic) bond motifs is 1. The monoisotopic (exact) mass is 470 g/mol. The van der Waals surface area contributed by atoms with Crippen LogP contribution in [-0.2, 0) is 14.3 Å². The number of carbonyl (C=O) groups is 2. The molecule has 34 heavy (non-hydrogen) atoms. The summed E-state index contributed by atoms with van der Waals surface area (Å²) in [6.07, 6.45) is 2.32. The van der Waals surface area contributed by atoms with Gasteiger partial charge in [-0.2, -0.15) is 0 Å². The predicted octanol–water partition coefficient (Wildman–Crippen LogP) is 3.08. The summed E-state index contributed by atoms with van der Waals surface area (Å²) in [5.41, 5.74) is 7.52.